The van der Waals surface area contributed by atoms with E-state index in [1.807, 2.05) is 36.2 Å². The molecule has 2 amide bonds. The van der Waals surface area contributed by atoms with E-state index in [1.165, 1.54) is 0 Å². The number of carbonyl (C=O) groups is 2. The Balaban J connectivity index is 1.53. The van der Waals surface area contributed by atoms with E-state index in [9.17, 15) is 9.59 Å². The summed E-state index contributed by atoms with van der Waals surface area (Å²) < 4.78 is 0. The first-order chi connectivity index (χ1) is 10.9. The molecule has 0 radical (unpaired) electrons. The summed E-state index contributed by atoms with van der Waals surface area (Å²) in [4.78, 5) is 32.5. The molecule has 1 aromatic rings. The van der Waals surface area contributed by atoms with Crippen LogP contribution in [0.2, 0.25) is 0 Å². The average Bonchev–Trinajstić information content (AvgIpc) is 3.10. The molecule has 2 aliphatic rings. The molecule has 23 heavy (non-hydrogen) atoms. The van der Waals surface area contributed by atoms with Crippen LogP contribution in [0.15, 0.2) is 5.38 Å². The molecule has 0 aromatic carbocycles. The fourth-order valence-corrected chi connectivity index (χ4v) is 4.59. The number of nitrogens with zero attached hydrogens (tertiary/aromatic N) is 3. The summed E-state index contributed by atoms with van der Waals surface area (Å²) in [5, 5.41) is 3.09. The van der Waals surface area contributed by atoms with E-state index >= 15 is 0 Å². The maximum Gasteiger partial charge on any atom is 0.222 e. The van der Waals surface area contributed by atoms with Crippen molar-refractivity contribution in [3.05, 3.63) is 16.1 Å². The number of amides is 2. The van der Waals surface area contributed by atoms with E-state index in [-0.39, 0.29) is 17.9 Å². The van der Waals surface area contributed by atoms with Gasteiger partial charge in [0, 0.05) is 44.9 Å². The lowest BCUT2D eigenvalue weighted by Crippen LogP contribution is -2.39. The van der Waals surface area contributed by atoms with E-state index in [1.54, 1.807) is 11.3 Å². The van der Waals surface area contributed by atoms with E-state index in [0.29, 0.717) is 31.1 Å². The molecule has 1 saturated heterocycles. The van der Waals surface area contributed by atoms with Gasteiger partial charge in [0.25, 0.3) is 0 Å². The Bertz CT molecular complexity index is 600. The van der Waals surface area contributed by atoms with Crippen molar-refractivity contribution in [1.29, 1.82) is 0 Å². The number of rotatable bonds is 4. The highest BCUT2D eigenvalue weighted by Crippen LogP contribution is 2.40. The van der Waals surface area contributed by atoms with Gasteiger partial charge in [0.15, 0.2) is 0 Å². The predicted molar refractivity (Wildman–Crippen MR) is 90.2 cm³/mol. The maximum absolute atomic E-state index is 12.5. The Kier molecular flexibility index (Phi) is 4.71. The highest BCUT2D eigenvalue weighted by Gasteiger charge is 2.42. The van der Waals surface area contributed by atoms with Gasteiger partial charge in [0.05, 0.1) is 10.7 Å². The van der Waals surface area contributed by atoms with Crippen LogP contribution in [-0.4, -0.2) is 53.3 Å². The van der Waals surface area contributed by atoms with Gasteiger partial charge in [-0.15, -0.1) is 11.3 Å². The molecule has 1 aromatic heterocycles. The number of fused-ring (bicyclic) bond motifs is 1. The second-order valence-electron chi connectivity index (χ2n) is 6.99. The van der Waals surface area contributed by atoms with Gasteiger partial charge in [-0.25, -0.2) is 4.98 Å². The van der Waals surface area contributed by atoms with E-state index in [0.717, 1.165) is 30.1 Å². The number of piperidine rings is 1. The molecule has 0 unspecified atom stereocenters. The number of carbonyl (C=O) groups excluding carboxylic acids is 2. The lowest BCUT2D eigenvalue weighted by molar-refractivity contribution is -0.135. The zero-order chi connectivity index (χ0) is 16.6. The van der Waals surface area contributed by atoms with Crippen LogP contribution < -0.4 is 0 Å². The summed E-state index contributed by atoms with van der Waals surface area (Å²) in [6, 6.07) is 0.286. The zero-order valence-corrected chi connectivity index (χ0v) is 14.9. The first-order valence-corrected chi connectivity index (χ1v) is 9.22. The lowest BCUT2D eigenvalue weighted by Gasteiger charge is -2.31. The Hall–Kier alpha value is -1.43. The Morgan fingerprint density at radius 3 is 2.87 bits per heavy atom. The Labute approximate surface area is 141 Å². The molecule has 2 heterocycles. The molecule has 2 fully saturated rings. The molecule has 0 N–H and O–H groups in total. The van der Waals surface area contributed by atoms with Crippen LogP contribution in [0, 0.1) is 18.8 Å². The lowest BCUT2D eigenvalue weighted by atomic mass is 9.88. The summed E-state index contributed by atoms with van der Waals surface area (Å²) in [5.74, 6) is 1.46. The van der Waals surface area contributed by atoms with Crippen molar-refractivity contribution in [2.24, 2.45) is 11.8 Å². The minimum atomic E-state index is 0.194. The van der Waals surface area contributed by atoms with E-state index in [2.05, 4.69) is 4.98 Å². The average molecular weight is 335 g/mol. The molecule has 3 atom stereocenters. The Morgan fingerprint density at radius 2 is 2.17 bits per heavy atom. The minimum absolute atomic E-state index is 0.194. The third-order valence-electron chi connectivity index (χ3n) is 5.39. The molecule has 1 aliphatic heterocycles. The van der Waals surface area contributed by atoms with Gasteiger partial charge in [0.1, 0.15) is 0 Å². The quantitative estimate of drug-likeness (QED) is 0.847. The van der Waals surface area contributed by atoms with Crippen LogP contribution in [0.3, 0.4) is 0 Å². The van der Waals surface area contributed by atoms with Gasteiger partial charge in [-0.2, -0.15) is 0 Å². The molecule has 5 nitrogen and oxygen atoms in total. The first kappa shape index (κ1) is 16.4. The van der Waals surface area contributed by atoms with Gasteiger partial charge < -0.3 is 9.80 Å². The number of hydrogen-bond acceptors (Lipinski definition) is 4. The van der Waals surface area contributed by atoms with Gasteiger partial charge in [-0.1, -0.05) is 0 Å². The maximum atomic E-state index is 12.5. The highest BCUT2D eigenvalue weighted by atomic mass is 32.1. The largest absolute Gasteiger partial charge is 0.345 e. The van der Waals surface area contributed by atoms with Crippen LogP contribution in [0.1, 0.15) is 36.4 Å². The number of likely N-dealkylation sites (tertiary alicyclic amines) is 1. The summed E-state index contributed by atoms with van der Waals surface area (Å²) in [6.07, 6.45) is 3.89. The monoisotopic (exact) mass is 335 g/mol. The summed E-state index contributed by atoms with van der Waals surface area (Å²) in [5.41, 5.74) is 1.02. The first-order valence-electron chi connectivity index (χ1n) is 8.34. The number of thiazole rings is 1. The third kappa shape index (κ3) is 3.57. The summed E-state index contributed by atoms with van der Waals surface area (Å²) in [7, 11) is 3.80. The normalized spacial score (nSPS) is 27.2. The van der Waals surface area contributed by atoms with E-state index in [4.69, 9.17) is 0 Å². The zero-order valence-electron chi connectivity index (χ0n) is 14.1. The van der Waals surface area contributed by atoms with Crippen molar-refractivity contribution >= 4 is 23.2 Å². The van der Waals surface area contributed by atoms with Crippen molar-refractivity contribution in [2.75, 3.05) is 20.6 Å². The molecular weight excluding hydrogens is 310 g/mol. The highest BCUT2D eigenvalue weighted by molar-refractivity contribution is 7.09. The molecule has 0 bridgehead atoms. The van der Waals surface area contributed by atoms with Gasteiger partial charge in [0.2, 0.25) is 11.8 Å². The molecule has 1 saturated carbocycles. The fraction of sp³-hybridized carbons (Fsp3) is 0.706. The van der Waals surface area contributed by atoms with Crippen LogP contribution >= 0.6 is 11.3 Å². The topological polar surface area (TPSA) is 53.5 Å². The molecule has 6 heteroatoms. The van der Waals surface area contributed by atoms with Crippen LogP contribution in [-0.2, 0) is 16.0 Å². The molecule has 126 valence electrons. The van der Waals surface area contributed by atoms with Gasteiger partial charge in [-0.05, 0) is 38.0 Å². The molecule has 0 spiro atoms. The molecule has 1 aliphatic carbocycles. The number of hydrogen-bond donors (Lipinski definition) is 0. The fourth-order valence-electron chi connectivity index (χ4n) is 3.94. The predicted octanol–water partition coefficient (Wildman–Crippen LogP) is 2.10. The van der Waals surface area contributed by atoms with Gasteiger partial charge in [-0.3, -0.25) is 9.59 Å². The van der Waals surface area contributed by atoms with Crippen molar-refractivity contribution in [3.63, 3.8) is 0 Å². The van der Waals surface area contributed by atoms with Crippen LogP contribution in [0.4, 0.5) is 0 Å². The van der Waals surface area contributed by atoms with Crippen LogP contribution in [0.25, 0.3) is 0 Å². The van der Waals surface area contributed by atoms with Crippen molar-refractivity contribution in [3.8, 4) is 0 Å². The van der Waals surface area contributed by atoms with Crippen molar-refractivity contribution < 1.29 is 9.59 Å². The second kappa shape index (κ2) is 6.59. The summed E-state index contributed by atoms with van der Waals surface area (Å²) in [6.45, 7) is 2.83. The van der Waals surface area contributed by atoms with Crippen LogP contribution in [0.5, 0.6) is 0 Å². The summed E-state index contributed by atoms with van der Waals surface area (Å²) >= 11 is 1.63. The SMILES string of the molecule is Cc1nc(CCC(=O)N(C)[C@H]2C[C@H]3CC(=O)N(C)C[C@H]3C2)cs1. The van der Waals surface area contributed by atoms with Gasteiger partial charge >= 0.3 is 0 Å². The number of aromatic nitrogens is 1. The van der Waals surface area contributed by atoms with Crippen molar-refractivity contribution in [2.45, 2.75) is 45.1 Å². The van der Waals surface area contributed by atoms with E-state index < -0.39 is 0 Å². The molecule has 3 rings (SSSR count). The molecular formula is C17H25N3O2S. The number of aryl methyl sites for hydroxylation is 2. The minimum Gasteiger partial charge on any atom is -0.345 e. The second-order valence-corrected chi connectivity index (χ2v) is 8.05. The third-order valence-corrected chi connectivity index (χ3v) is 6.21. The standard InChI is InChI=1S/C17H25N3O2S/c1-11-18-14(10-23-11)4-5-16(21)20(3)15-6-12-8-17(22)19(2)9-13(12)7-15/h10,12-13,15H,4-9H2,1-3H3/t12-,13+,15-/m0/s1. The smallest absolute Gasteiger partial charge is 0.222 e. The Morgan fingerprint density at radius 1 is 1.43 bits per heavy atom. The van der Waals surface area contributed by atoms with Crippen molar-refractivity contribution in [1.82, 2.24) is 14.8 Å².